The fourth-order valence-corrected chi connectivity index (χ4v) is 2.40. The lowest BCUT2D eigenvalue weighted by Crippen LogP contribution is -2.24. The van der Waals surface area contributed by atoms with Crippen molar-refractivity contribution >= 4 is 33.2 Å². The molecule has 2 N–H and O–H groups in total. The van der Waals surface area contributed by atoms with Gasteiger partial charge in [-0.3, -0.25) is 4.79 Å². The molecule has 4 heteroatoms. The quantitative estimate of drug-likeness (QED) is 0.669. The molecule has 1 amide bonds. The molecule has 1 aromatic carbocycles. The maximum absolute atomic E-state index is 11.8. The number of halogens is 1. The van der Waals surface area contributed by atoms with Crippen LogP contribution in [-0.2, 0) is 4.79 Å². The highest BCUT2D eigenvalue weighted by atomic mass is 79.9. The number of carbonyl (C=O) groups is 1. The van der Waals surface area contributed by atoms with Crippen molar-refractivity contribution in [2.75, 3.05) is 22.5 Å². The summed E-state index contributed by atoms with van der Waals surface area (Å²) in [7, 11) is 0. The molecule has 1 unspecified atom stereocenters. The summed E-state index contributed by atoms with van der Waals surface area (Å²) in [5.74, 6) is 0.624. The topological polar surface area (TPSA) is 46.3 Å². The average Bonchev–Trinajstić information content (AvgIpc) is 2.64. The van der Waals surface area contributed by atoms with Gasteiger partial charge in [0.1, 0.15) is 0 Å². The van der Waals surface area contributed by atoms with Gasteiger partial charge in [0.15, 0.2) is 0 Å². The van der Waals surface area contributed by atoms with Crippen molar-refractivity contribution in [1.82, 2.24) is 0 Å². The SMILES string of the molecule is Cc1cc(N2CC(CBr)CC2=O)ccc1N. The Balaban J connectivity index is 2.24. The molecular formula is C12H15BrN2O. The van der Waals surface area contributed by atoms with E-state index in [2.05, 4.69) is 15.9 Å². The monoisotopic (exact) mass is 282 g/mol. The lowest BCUT2D eigenvalue weighted by atomic mass is 10.1. The molecule has 0 aliphatic carbocycles. The van der Waals surface area contributed by atoms with Crippen LogP contribution >= 0.6 is 15.9 Å². The first-order valence-electron chi connectivity index (χ1n) is 5.34. The number of rotatable bonds is 2. The first kappa shape index (κ1) is 11.5. The lowest BCUT2D eigenvalue weighted by molar-refractivity contribution is -0.117. The van der Waals surface area contributed by atoms with Crippen molar-refractivity contribution in [2.45, 2.75) is 13.3 Å². The van der Waals surface area contributed by atoms with Crippen LogP contribution in [0.1, 0.15) is 12.0 Å². The Kier molecular flexibility index (Phi) is 3.19. The third-order valence-corrected chi connectivity index (χ3v) is 3.90. The molecule has 1 aliphatic rings. The van der Waals surface area contributed by atoms with Gasteiger partial charge in [-0.1, -0.05) is 15.9 Å². The molecule has 0 radical (unpaired) electrons. The van der Waals surface area contributed by atoms with E-state index in [9.17, 15) is 4.79 Å². The number of aryl methyl sites for hydroxylation is 1. The van der Waals surface area contributed by atoms with Crippen molar-refractivity contribution in [3.05, 3.63) is 23.8 Å². The lowest BCUT2D eigenvalue weighted by Gasteiger charge is -2.17. The molecule has 1 fully saturated rings. The van der Waals surface area contributed by atoms with Gasteiger partial charge in [0.2, 0.25) is 5.91 Å². The number of benzene rings is 1. The molecule has 1 heterocycles. The summed E-state index contributed by atoms with van der Waals surface area (Å²) in [4.78, 5) is 13.7. The minimum absolute atomic E-state index is 0.202. The van der Waals surface area contributed by atoms with Crippen LogP contribution in [0.25, 0.3) is 0 Å². The third-order valence-electron chi connectivity index (χ3n) is 2.99. The summed E-state index contributed by atoms with van der Waals surface area (Å²) < 4.78 is 0. The molecule has 0 aromatic heterocycles. The number of nitrogens with two attached hydrogens (primary N) is 1. The number of amides is 1. The maximum atomic E-state index is 11.8. The fourth-order valence-electron chi connectivity index (χ4n) is 1.96. The van der Waals surface area contributed by atoms with Crippen LogP contribution in [0.4, 0.5) is 11.4 Å². The molecule has 1 aliphatic heterocycles. The van der Waals surface area contributed by atoms with Crippen molar-refractivity contribution in [2.24, 2.45) is 5.92 Å². The van der Waals surface area contributed by atoms with Crippen LogP contribution in [0.2, 0.25) is 0 Å². The number of alkyl halides is 1. The van der Waals surface area contributed by atoms with Crippen LogP contribution < -0.4 is 10.6 Å². The predicted octanol–water partition coefficient (Wildman–Crippen LogP) is 2.33. The second kappa shape index (κ2) is 4.45. The van der Waals surface area contributed by atoms with E-state index in [-0.39, 0.29) is 5.91 Å². The normalized spacial score (nSPS) is 20.5. The van der Waals surface area contributed by atoms with Crippen LogP contribution in [0, 0.1) is 12.8 Å². The maximum Gasteiger partial charge on any atom is 0.227 e. The van der Waals surface area contributed by atoms with E-state index < -0.39 is 0 Å². The first-order chi connectivity index (χ1) is 7.61. The average molecular weight is 283 g/mol. The van der Waals surface area contributed by atoms with E-state index in [1.165, 1.54) is 0 Å². The molecule has 0 saturated carbocycles. The fraction of sp³-hybridized carbons (Fsp3) is 0.417. The standard InChI is InChI=1S/C12H15BrN2O/c1-8-4-10(2-3-11(8)14)15-7-9(6-13)5-12(15)16/h2-4,9H,5-7,14H2,1H3. The Morgan fingerprint density at radius 3 is 2.88 bits per heavy atom. The molecule has 1 atom stereocenters. The minimum Gasteiger partial charge on any atom is -0.399 e. The number of nitrogen functional groups attached to an aromatic ring is 1. The zero-order valence-corrected chi connectivity index (χ0v) is 10.8. The summed E-state index contributed by atoms with van der Waals surface area (Å²) in [6.45, 7) is 2.76. The van der Waals surface area contributed by atoms with Gasteiger partial charge in [-0.15, -0.1) is 0 Å². The highest BCUT2D eigenvalue weighted by Gasteiger charge is 2.29. The second-order valence-corrected chi connectivity index (χ2v) is 4.92. The van der Waals surface area contributed by atoms with E-state index in [1.807, 2.05) is 30.0 Å². The molecule has 0 bridgehead atoms. The highest BCUT2D eigenvalue weighted by Crippen LogP contribution is 2.28. The molecule has 1 saturated heterocycles. The van der Waals surface area contributed by atoms with E-state index in [4.69, 9.17) is 5.73 Å². The smallest absolute Gasteiger partial charge is 0.227 e. The summed E-state index contributed by atoms with van der Waals surface area (Å²) in [5, 5.41) is 0.878. The van der Waals surface area contributed by atoms with Crippen molar-refractivity contribution in [3.63, 3.8) is 0 Å². The molecule has 86 valence electrons. The van der Waals surface area contributed by atoms with Gasteiger partial charge < -0.3 is 10.6 Å². The summed E-state index contributed by atoms with van der Waals surface area (Å²) in [5.41, 5.74) is 8.51. The highest BCUT2D eigenvalue weighted by molar-refractivity contribution is 9.09. The van der Waals surface area contributed by atoms with E-state index >= 15 is 0 Å². The molecule has 16 heavy (non-hydrogen) atoms. The number of hydrogen-bond acceptors (Lipinski definition) is 2. The predicted molar refractivity (Wildman–Crippen MR) is 69.8 cm³/mol. The molecule has 0 spiro atoms. The molecular weight excluding hydrogens is 268 g/mol. The number of nitrogens with zero attached hydrogens (tertiary/aromatic N) is 1. The van der Waals surface area contributed by atoms with Gasteiger partial charge in [0, 0.05) is 29.7 Å². The Bertz CT molecular complexity index is 419. The van der Waals surface area contributed by atoms with E-state index in [1.54, 1.807) is 0 Å². The zero-order chi connectivity index (χ0) is 11.7. The third kappa shape index (κ3) is 2.07. The number of hydrogen-bond donors (Lipinski definition) is 1. The van der Waals surface area contributed by atoms with Crippen LogP contribution in [0.3, 0.4) is 0 Å². The second-order valence-electron chi connectivity index (χ2n) is 4.27. The van der Waals surface area contributed by atoms with Crippen LogP contribution in [0.15, 0.2) is 18.2 Å². The summed E-state index contributed by atoms with van der Waals surface area (Å²) >= 11 is 3.43. The zero-order valence-electron chi connectivity index (χ0n) is 9.24. The Morgan fingerprint density at radius 2 is 2.31 bits per heavy atom. The van der Waals surface area contributed by atoms with Crippen LogP contribution in [-0.4, -0.2) is 17.8 Å². The van der Waals surface area contributed by atoms with Gasteiger partial charge in [-0.05, 0) is 36.6 Å². The Labute approximate surface area is 104 Å². The van der Waals surface area contributed by atoms with E-state index in [0.717, 1.165) is 28.8 Å². The molecule has 3 nitrogen and oxygen atoms in total. The van der Waals surface area contributed by atoms with Crippen LogP contribution in [0.5, 0.6) is 0 Å². The first-order valence-corrected chi connectivity index (χ1v) is 6.46. The van der Waals surface area contributed by atoms with E-state index in [0.29, 0.717) is 12.3 Å². The minimum atomic E-state index is 0.202. The number of anilines is 2. The molecule has 1 aromatic rings. The summed E-state index contributed by atoms with van der Waals surface area (Å²) in [6, 6.07) is 5.75. The molecule has 2 rings (SSSR count). The summed E-state index contributed by atoms with van der Waals surface area (Å²) in [6.07, 6.45) is 0.634. The van der Waals surface area contributed by atoms with Gasteiger partial charge >= 0.3 is 0 Å². The van der Waals surface area contributed by atoms with Gasteiger partial charge in [-0.25, -0.2) is 0 Å². The van der Waals surface area contributed by atoms with Crippen molar-refractivity contribution in [3.8, 4) is 0 Å². The van der Waals surface area contributed by atoms with Gasteiger partial charge in [0.05, 0.1) is 0 Å². The van der Waals surface area contributed by atoms with Crippen molar-refractivity contribution in [1.29, 1.82) is 0 Å². The largest absolute Gasteiger partial charge is 0.399 e. The number of carbonyl (C=O) groups excluding carboxylic acids is 1. The van der Waals surface area contributed by atoms with Crippen molar-refractivity contribution < 1.29 is 4.79 Å². The Hall–Kier alpha value is -1.03. The Morgan fingerprint density at radius 1 is 1.56 bits per heavy atom. The van der Waals surface area contributed by atoms with Gasteiger partial charge in [-0.2, -0.15) is 0 Å². The van der Waals surface area contributed by atoms with Gasteiger partial charge in [0.25, 0.3) is 0 Å².